The first-order valence-corrected chi connectivity index (χ1v) is 4.83. The number of likely N-dealkylation sites (N-methyl/N-ethyl adjacent to an activating group) is 1. The van der Waals surface area contributed by atoms with E-state index in [1.165, 1.54) is 11.1 Å². The summed E-state index contributed by atoms with van der Waals surface area (Å²) in [7, 11) is 0. The highest BCUT2D eigenvalue weighted by atomic mass is 16.7. The van der Waals surface area contributed by atoms with Crippen LogP contribution < -0.4 is 0 Å². The smallest absolute Gasteiger partial charge is 0.269 e. The van der Waals surface area contributed by atoms with Gasteiger partial charge < -0.3 is 0 Å². The predicted molar refractivity (Wildman–Crippen MR) is 53.1 cm³/mol. The minimum Gasteiger partial charge on any atom is -0.271 e. The molecule has 0 fully saturated rings. The molecule has 76 valence electrons. The van der Waals surface area contributed by atoms with Gasteiger partial charge in [0.15, 0.2) is 0 Å². The minimum absolute atomic E-state index is 0.168. The van der Waals surface area contributed by atoms with E-state index in [1.54, 1.807) is 0 Å². The van der Waals surface area contributed by atoms with Crippen LogP contribution in [0.5, 0.6) is 0 Å². The normalized spacial score (nSPS) is 9.69. The van der Waals surface area contributed by atoms with Gasteiger partial charge in [0.2, 0.25) is 0 Å². The van der Waals surface area contributed by atoms with Crippen LogP contribution in [0.25, 0.3) is 0 Å². The van der Waals surface area contributed by atoms with Crippen molar-refractivity contribution < 1.29 is 9.63 Å². The Morgan fingerprint density at radius 2 is 2.15 bits per heavy atom. The van der Waals surface area contributed by atoms with Gasteiger partial charge in [-0.25, -0.2) is 5.06 Å². The van der Waals surface area contributed by atoms with Crippen molar-refractivity contribution in [1.82, 2.24) is 5.06 Å². The summed E-state index contributed by atoms with van der Waals surface area (Å²) in [5.74, 6) is -0.168. The largest absolute Gasteiger partial charge is 0.271 e. The summed E-state index contributed by atoms with van der Waals surface area (Å²) < 4.78 is 0. The van der Waals surface area contributed by atoms with Gasteiger partial charge in [-0.05, 0) is 19.4 Å². The predicted octanol–water partition coefficient (Wildman–Crippen LogP) is 2.14. The summed E-state index contributed by atoms with van der Waals surface area (Å²) in [5.41, 5.74) is 0. The molecule has 0 saturated heterocycles. The van der Waals surface area contributed by atoms with Crippen LogP contribution in [-0.2, 0) is 9.63 Å². The second-order valence-electron chi connectivity index (χ2n) is 2.78. The van der Waals surface area contributed by atoms with E-state index < -0.39 is 0 Å². The molecule has 0 unspecified atom stereocenters. The molecule has 0 heterocycles. The number of nitrogens with zero attached hydrogens (tertiary/aromatic N) is 1. The van der Waals surface area contributed by atoms with Crippen molar-refractivity contribution >= 4 is 5.91 Å². The molecule has 0 rings (SSSR count). The van der Waals surface area contributed by atoms with Gasteiger partial charge in [0, 0.05) is 6.54 Å². The lowest BCUT2D eigenvalue weighted by molar-refractivity contribution is -0.180. The Balaban J connectivity index is 3.59. The van der Waals surface area contributed by atoms with Gasteiger partial charge in [0.05, 0.1) is 6.61 Å². The topological polar surface area (TPSA) is 29.5 Å². The average Bonchev–Trinajstić information content (AvgIpc) is 2.17. The number of carbonyl (C=O) groups excluding carboxylic acids is 1. The maximum atomic E-state index is 11.1. The molecule has 0 N–H and O–H groups in total. The van der Waals surface area contributed by atoms with Gasteiger partial charge in [-0.15, -0.1) is 0 Å². The van der Waals surface area contributed by atoms with Crippen molar-refractivity contribution in [2.24, 2.45) is 0 Å². The third-order valence-electron chi connectivity index (χ3n) is 1.70. The molecule has 0 aliphatic rings. The molecule has 13 heavy (non-hydrogen) atoms. The molecule has 0 saturated carbocycles. The second-order valence-corrected chi connectivity index (χ2v) is 2.78. The standard InChI is InChI=1S/C10H19NO2/c1-4-7-8-9-13-11(6-3)10(12)5-2/h5H,2,4,6-9H2,1,3H3. The number of hydrogen-bond donors (Lipinski definition) is 0. The van der Waals surface area contributed by atoms with E-state index in [2.05, 4.69) is 13.5 Å². The van der Waals surface area contributed by atoms with Crippen LogP contribution in [0, 0.1) is 0 Å². The van der Waals surface area contributed by atoms with Crippen molar-refractivity contribution in [1.29, 1.82) is 0 Å². The zero-order valence-corrected chi connectivity index (χ0v) is 8.58. The van der Waals surface area contributed by atoms with Crippen molar-refractivity contribution in [2.45, 2.75) is 33.1 Å². The zero-order chi connectivity index (χ0) is 10.1. The molecular formula is C10H19NO2. The van der Waals surface area contributed by atoms with E-state index in [0.717, 1.165) is 19.3 Å². The molecule has 0 aliphatic carbocycles. The number of hydrogen-bond acceptors (Lipinski definition) is 2. The van der Waals surface area contributed by atoms with Gasteiger partial charge in [-0.1, -0.05) is 26.3 Å². The molecule has 0 radical (unpaired) electrons. The lowest BCUT2D eigenvalue weighted by Crippen LogP contribution is -2.29. The van der Waals surface area contributed by atoms with E-state index in [9.17, 15) is 4.79 Å². The van der Waals surface area contributed by atoms with E-state index >= 15 is 0 Å². The zero-order valence-electron chi connectivity index (χ0n) is 8.58. The maximum Gasteiger partial charge on any atom is 0.269 e. The van der Waals surface area contributed by atoms with Crippen molar-refractivity contribution in [2.75, 3.05) is 13.2 Å². The fourth-order valence-electron chi connectivity index (χ4n) is 0.939. The summed E-state index contributed by atoms with van der Waals surface area (Å²) >= 11 is 0. The number of hydroxylamine groups is 2. The first kappa shape index (κ1) is 12.2. The SMILES string of the molecule is C=CC(=O)N(CC)OCCCCC. The lowest BCUT2D eigenvalue weighted by Gasteiger charge is -2.17. The van der Waals surface area contributed by atoms with Gasteiger partial charge in [-0.3, -0.25) is 9.63 Å². The first-order valence-electron chi connectivity index (χ1n) is 4.83. The summed E-state index contributed by atoms with van der Waals surface area (Å²) in [5, 5.41) is 1.34. The number of amides is 1. The van der Waals surface area contributed by atoms with E-state index in [-0.39, 0.29) is 5.91 Å². The molecule has 0 spiro atoms. The summed E-state index contributed by atoms with van der Waals surface area (Å²) in [6.07, 6.45) is 4.56. The number of carbonyl (C=O) groups is 1. The molecule has 0 aliphatic heterocycles. The third-order valence-corrected chi connectivity index (χ3v) is 1.70. The molecule has 0 aromatic rings. The summed E-state index contributed by atoms with van der Waals surface area (Å²) in [6, 6.07) is 0. The molecule has 0 bridgehead atoms. The highest BCUT2D eigenvalue weighted by Gasteiger charge is 2.06. The van der Waals surface area contributed by atoms with Crippen LogP contribution in [0.4, 0.5) is 0 Å². The second kappa shape index (κ2) is 7.80. The Morgan fingerprint density at radius 3 is 2.62 bits per heavy atom. The number of rotatable bonds is 7. The maximum absolute atomic E-state index is 11.1. The Labute approximate surface area is 80.3 Å². The van der Waals surface area contributed by atoms with Crippen molar-refractivity contribution in [3.05, 3.63) is 12.7 Å². The summed E-state index contributed by atoms with van der Waals surface area (Å²) in [4.78, 5) is 16.3. The van der Waals surface area contributed by atoms with Crippen molar-refractivity contribution in [3.8, 4) is 0 Å². The van der Waals surface area contributed by atoms with Crippen LogP contribution in [0.2, 0.25) is 0 Å². The average molecular weight is 185 g/mol. The van der Waals surface area contributed by atoms with E-state index in [4.69, 9.17) is 4.84 Å². The highest BCUT2D eigenvalue weighted by Crippen LogP contribution is 1.98. The Hall–Kier alpha value is -0.830. The minimum atomic E-state index is -0.168. The van der Waals surface area contributed by atoms with Gasteiger partial charge in [-0.2, -0.15) is 0 Å². The van der Waals surface area contributed by atoms with E-state index in [0.29, 0.717) is 13.2 Å². The van der Waals surface area contributed by atoms with Gasteiger partial charge in [0.25, 0.3) is 5.91 Å². The van der Waals surface area contributed by atoms with Crippen LogP contribution in [0.1, 0.15) is 33.1 Å². The Morgan fingerprint density at radius 1 is 1.46 bits per heavy atom. The van der Waals surface area contributed by atoms with Crippen LogP contribution >= 0.6 is 0 Å². The molecule has 1 amide bonds. The van der Waals surface area contributed by atoms with Crippen LogP contribution in [-0.4, -0.2) is 24.1 Å². The molecule has 0 aromatic heterocycles. The van der Waals surface area contributed by atoms with Gasteiger partial charge >= 0.3 is 0 Å². The molecule has 0 aromatic carbocycles. The Bertz CT molecular complexity index is 157. The molecule has 0 atom stereocenters. The van der Waals surface area contributed by atoms with Crippen molar-refractivity contribution in [3.63, 3.8) is 0 Å². The summed E-state index contributed by atoms with van der Waals surface area (Å²) in [6.45, 7) is 8.59. The molecule has 3 nitrogen and oxygen atoms in total. The van der Waals surface area contributed by atoms with E-state index in [1.807, 2.05) is 6.92 Å². The monoisotopic (exact) mass is 185 g/mol. The fraction of sp³-hybridized carbons (Fsp3) is 0.700. The van der Waals surface area contributed by atoms with Crippen LogP contribution in [0.15, 0.2) is 12.7 Å². The highest BCUT2D eigenvalue weighted by molar-refractivity contribution is 5.86. The first-order chi connectivity index (χ1) is 6.26. The Kier molecular flexibility index (Phi) is 7.30. The van der Waals surface area contributed by atoms with Crippen LogP contribution in [0.3, 0.4) is 0 Å². The van der Waals surface area contributed by atoms with Gasteiger partial charge in [0.1, 0.15) is 0 Å². The molecule has 3 heteroatoms. The lowest BCUT2D eigenvalue weighted by atomic mass is 10.3. The quantitative estimate of drug-likeness (QED) is 0.345. The fourth-order valence-corrected chi connectivity index (χ4v) is 0.939. The third kappa shape index (κ3) is 5.42. The number of unbranched alkanes of at least 4 members (excludes halogenated alkanes) is 2. The molecular weight excluding hydrogens is 166 g/mol.